The van der Waals surface area contributed by atoms with E-state index in [-0.39, 0.29) is 29.7 Å². The van der Waals surface area contributed by atoms with Gasteiger partial charge in [-0.1, -0.05) is 36.4 Å². The number of nitrogens with zero attached hydrogens (tertiary/aromatic N) is 2. The highest BCUT2D eigenvalue weighted by atomic mass is 19.1. The molecule has 1 saturated heterocycles. The number of anilines is 2. The largest absolute Gasteiger partial charge is 0.497 e. The number of benzene rings is 3. The molecule has 2 aliphatic heterocycles. The molecule has 0 aliphatic carbocycles. The number of methoxy groups -OCH3 is 1. The first-order valence-electron chi connectivity index (χ1n) is 11.8. The number of ether oxygens (including phenoxy) is 1. The number of hydrogen-bond acceptors (Lipinski definition) is 4. The fourth-order valence-corrected chi connectivity index (χ4v) is 5.24. The highest BCUT2D eigenvalue weighted by Crippen LogP contribution is 2.39. The smallest absolute Gasteiger partial charge is 0.226 e. The molecule has 1 fully saturated rings. The molecule has 0 bridgehead atoms. The van der Waals surface area contributed by atoms with Crippen LogP contribution in [-0.2, 0) is 11.2 Å². The highest BCUT2D eigenvalue weighted by molar-refractivity contribution is 5.83. The number of rotatable bonds is 5. The van der Waals surface area contributed by atoms with Crippen LogP contribution in [0.15, 0.2) is 72.8 Å². The Morgan fingerprint density at radius 2 is 1.82 bits per heavy atom. The van der Waals surface area contributed by atoms with Gasteiger partial charge in [0.2, 0.25) is 5.91 Å². The van der Waals surface area contributed by atoms with Crippen LogP contribution in [0.2, 0.25) is 0 Å². The molecule has 5 rings (SSSR count). The third-order valence-electron chi connectivity index (χ3n) is 7.11. The van der Waals surface area contributed by atoms with Crippen molar-refractivity contribution in [1.29, 1.82) is 0 Å². The molecule has 3 aromatic rings. The van der Waals surface area contributed by atoms with Crippen molar-refractivity contribution in [1.82, 2.24) is 5.32 Å². The molecule has 3 atom stereocenters. The van der Waals surface area contributed by atoms with Crippen LogP contribution in [0.5, 0.6) is 5.75 Å². The predicted octanol–water partition coefficient (Wildman–Crippen LogP) is 4.58. The molecule has 0 unspecified atom stereocenters. The minimum atomic E-state index is -0.242. The van der Waals surface area contributed by atoms with Crippen LogP contribution in [0.3, 0.4) is 0 Å². The van der Waals surface area contributed by atoms with Crippen LogP contribution in [-0.4, -0.2) is 38.7 Å². The lowest BCUT2D eigenvalue weighted by Gasteiger charge is -2.49. The van der Waals surface area contributed by atoms with Gasteiger partial charge in [0.05, 0.1) is 25.1 Å². The standard InChI is InChI=1S/C28H30FN3O2/c1-19(20-6-4-3-5-7-20)30-28(33)25-16-21-8-13-24(34-2)17-26(21)32-15-14-31(18-27(25)32)23-11-9-22(29)10-12-23/h3-13,17,19,25,27H,14-16,18H2,1-2H3,(H,30,33)/t19-,25-,27-/m1/s1. The van der Waals surface area contributed by atoms with Crippen LogP contribution in [0.25, 0.3) is 0 Å². The lowest BCUT2D eigenvalue weighted by Crippen LogP contribution is -2.61. The molecule has 0 radical (unpaired) electrons. The van der Waals surface area contributed by atoms with Crippen molar-refractivity contribution in [2.75, 3.05) is 36.5 Å². The van der Waals surface area contributed by atoms with E-state index in [0.29, 0.717) is 13.0 Å². The zero-order valence-electron chi connectivity index (χ0n) is 19.6. The summed E-state index contributed by atoms with van der Waals surface area (Å²) in [5.41, 5.74) is 4.38. The number of fused-ring (bicyclic) bond motifs is 3. The normalized spacial score (nSPS) is 20.2. The van der Waals surface area contributed by atoms with Gasteiger partial charge in [0.25, 0.3) is 0 Å². The van der Waals surface area contributed by atoms with Gasteiger partial charge in [-0.2, -0.15) is 0 Å². The Labute approximate surface area is 200 Å². The molecule has 2 aliphatic rings. The Balaban J connectivity index is 1.44. The number of hydrogen-bond donors (Lipinski definition) is 1. The number of carbonyl (C=O) groups excluding carboxylic acids is 1. The quantitative estimate of drug-likeness (QED) is 0.607. The van der Waals surface area contributed by atoms with E-state index in [9.17, 15) is 9.18 Å². The lowest BCUT2D eigenvalue weighted by molar-refractivity contribution is -0.126. The van der Waals surface area contributed by atoms with Crippen molar-refractivity contribution in [2.45, 2.75) is 25.4 Å². The zero-order chi connectivity index (χ0) is 23.7. The molecule has 5 nitrogen and oxygen atoms in total. The first-order chi connectivity index (χ1) is 16.5. The molecule has 1 amide bonds. The predicted molar refractivity (Wildman–Crippen MR) is 133 cm³/mol. The molecule has 0 saturated carbocycles. The van der Waals surface area contributed by atoms with Gasteiger partial charge in [-0.15, -0.1) is 0 Å². The van der Waals surface area contributed by atoms with E-state index >= 15 is 0 Å². The van der Waals surface area contributed by atoms with Gasteiger partial charge in [0.15, 0.2) is 0 Å². The molecule has 0 spiro atoms. The second-order valence-electron chi connectivity index (χ2n) is 9.13. The highest BCUT2D eigenvalue weighted by Gasteiger charge is 2.42. The van der Waals surface area contributed by atoms with Crippen molar-refractivity contribution < 1.29 is 13.9 Å². The molecule has 3 aromatic carbocycles. The van der Waals surface area contributed by atoms with Gasteiger partial charge in [-0.25, -0.2) is 4.39 Å². The number of halogens is 1. The second-order valence-corrected chi connectivity index (χ2v) is 9.13. The van der Waals surface area contributed by atoms with E-state index in [1.54, 1.807) is 7.11 Å². The summed E-state index contributed by atoms with van der Waals surface area (Å²) < 4.78 is 19.0. The summed E-state index contributed by atoms with van der Waals surface area (Å²) in [5, 5.41) is 3.26. The van der Waals surface area contributed by atoms with Gasteiger partial charge in [0, 0.05) is 37.1 Å². The van der Waals surface area contributed by atoms with Crippen molar-refractivity contribution in [3.8, 4) is 5.75 Å². The zero-order valence-corrected chi connectivity index (χ0v) is 19.6. The Hall–Kier alpha value is -3.54. The van der Waals surface area contributed by atoms with Crippen molar-refractivity contribution in [3.63, 3.8) is 0 Å². The maximum Gasteiger partial charge on any atom is 0.226 e. The van der Waals surface area contributed by atoms with Crippen molar-refractivity contribution in [2.24, 2.45) is 5.92 Å². The summed E-state index contributed by atoms with van der Waals surface area (Å²) in [6.07, 6.45) is 0.672. The summed E-state index contributed by atoms with van der Waals surface area (Å²) in [5.74, 6) is 0.441. The Morgan fingerprint density at radius 1 is 1.06 bits per heavy atom. The summed E-state index contributed by atoms with van der Waals surface area (Å²) >= 11 is 0. The van der Waals surface area contributed by atoms with Crippen LogP contribution >= 0.6 is 0 Å². The first-order valence-corrected chi connectivity index (χ1v) is 11.8. The summed E-state index contributed by atoms with van der Waals surface area (Å²) in [7, 11) is 1.68. The molecule has 176 valence electrons. The summed E-state index contributed by atoms with van der Waals surface area (Å²) in [6, 6.07) is 22.7. The fourth-order valence-electron chi connectivity index (χ4n) is 5.24. The van der Waals surface area contributed by atoms with Crippen LogP contribution in [0.4, 0.5) is 15.8 Å². The molecule has 0 aromatic heterocycles. The van der Waals surface area contributed by atoms with E-state index < -0.39 is 0 Å². The molecule has 6 heteroatoms. The first kappa shape index (κ1) is 22.3. The van der Waals surface area contributed by atoms with Gasteiger partial charge in [0.1, 0.15) is 11.6 Å². The van der Waals surface area contributed by atoms with Gasteiger partial charge in [-0.05, 0) is 54.8 Å². The van der Waals surface area contributed by atoms with Gasteiger partial charge < -0.3 is 19.9 Å². The summed E-state index contributed by atoms with van der Waals surface area (Å²) in [6.45, 7) is 4.30. The molecular formula is C28H30FN3O2. The fraction of sp³-hybridized carbons (Fsp3) is 0.321. The van der Waals surface area contributed by atoms with E-state index in [1.807, 2.05) is 55.5 Å². The average Bonchev–Trinajstić information content (AvgIpc) is 2.88. The minimum absolute atomic E-state index is 0.00128. The Kier molecular flexibility index (Phi) is 6.14. The topological polar surface area (TPSA) is 44.8 Å². The average molecular weight is 460 g/mol. The molecule has 1 N–H and O–H groups in total. The van der Waals surface area contributed by atoms with Gasteiger partial charge >= 0.3 is 0 Å². The minimum Gasteiger partial charge on any atom is -0.497 e. The van der Waals surface area contributed by atoms with Crippen LogP contribution < -0.4 is 19.9 Å². The second kappa shape index (κ2) is 9.37. The SMILES string of the molecule is COc1ccc2c(c1)N1CCN(c3ccc(F)cc3)C[C@@H]1[C@H](C(=O)N[C@H](C)c1ccccc1)C2. The van der Waals surface area contributed by atoms with E-state index in [4.69, 9.17) is 4.74 Å². The number of carbonyl (C=O) groups is 1. The third-order valence-corrected chi connectivity index (χ3v) is 7.11. The maximum atomic E-state index is 13.6. The Morgan fingerprint density at radius 3 is 2.56 bits per heavy atom. The number of amides is 1. The molecular weight excluding hydrogens is 429 g/mol. The third kappa shape index (κ3) is 4.32. The van der Waals surface area contributed by atoms with E-state index in [1.165, 1.54) is 17.7 Å². The van der Waals surface area contributed by atoms with Crippen LogP contribution in [0.1, 0.15) is 24.1 Å². The Bertz CT molecular complexity index is 1150. The lowest BCUT2D eigenvalue weighted by atomic mass is 9.83. The number of nitrogens with one attached hydrogen (secondary N) is 1. The van der Waals surface area contributed by atoms with E-state index in [0.717, 1.165) is 35.8 Å². The monoisotopic (exact) mass is 459 g/mol. The molecule has 34 heavy (non-hydrogen) atoms. The summed E-state index contributed by atoms with van der Waals surface area (Å²) in [4.78, 5) is 18.2. The van der Waals surface area contributed by atoms with Gasteiger partial charge in [-0.3, -0.25) is 4.79 Å². The van der Waals surface area contributed by atoms with E-state index in [2.05, 4.69) is 27.2 Å². The molecule has 2 heterocycles. The van der Waals surface area contributed by atoms with Crippen molar-refractivity contribution >= 4 is 17.3 Å². The maximum absolute atomic E-state index is 13.6. The van der Waals surface area contributed by atoms with Crippen molar-refractivity contribution in [3.05, 3.63) is 89.7 Å². The number of piperazine rings is 1. The van der Waals surface area contributed by atoms with Crippen LogP contribution in [0, 0.1) is 11.7 Å².